The number of anilines is 1. The molecule has 2 aliphatic heterocycles. The molecule has 1 saturated heterocycles. The molecule has 0 saturated carbocycles. The summed E-state index contributed by atoms with van der Waals surface area (Å²) in [7, 11) is 1.41. The van der Waals surface area contributed by atoms with Crippen LogP contribution in [0.15, 0.2) is 46.9 Å². The summed E-state index contributed by atoms with van der Waals surface area (Å²) in [5.74, 6) is 0.0249. The molecule has 4 rings (SSSR count). The van der Waals surface area contributed by atoms with Crippen molar-refractivity contribution in [2.45, 2.75) is 18.6 Å². The molecule has 3 atom stereocenters. The van der Waals surface area contributed by atoms with Crippen molar-refractivity contribution in [3.8, 4) is 0 Å². The maximum atomic E-state index is 12.2. The van der Waals surface area contributed by atoms with Crippen LogP contribution in [0.2, 0.25) is 0 Å². The van der Waals surface area contributed by atoms with E-state index in [0.29, 0.717) is 11.5 Å². The van der Waals surface area contributed by atoms with Crippen molar-refractivity contribution in [3.63, 3.8) is 0 Å². The van der Waals surface area contributed by atoms with Crippen molar-refractivity contribution in [1.29, 1.82) is 0 Å². The Kier molecular flexibility index (Phi) is 4.06. The van der Waals surface area contributed by atoms with Crippen LogP contribution >= 0.6 is 15.9 Å². The number of carbonyl (C=O) groups excluding carboxylic acids is 1. The van der Waals surface area contributed by atoms with Gasteiger partial charge in [0.1, 0.15) is 0 Å². The van der Waals surface area contributed by atoms with E-state index < -0.39 is 0 Å². The van der Waals surface area contributed by atoms with E-state index in [4.69, 9.17) is 9.47 Å². The molecule has 0 radical (unpaired) electrons. The van der Waals surface area contributed by atoms with Crippen LogP contribution in [0.5, 0.6) is 0 Å². The molecule has 4 nitrogen and oxygen atoms in total. The van der Waals surface area contributed by atoms with Crippen LogP contribution in [0.25, 0.3) is 0 Å². The molecule has 0 amide bonds. The Labute approximate surface area is 149 Å². The van der Waals surface area contributed by atoms with E-state index in [1.54, 1.807) is 6.07 Å². The van der Waals surface area contributed by atoms with Crippen molar-refractivity contribution >= 4 is 27.6 Å². The number of carbonyl (C=O) groups is 1. The van der Waals surface area contributed by atoms with Gasteiger partial charge in [-0.25, -0.2) is 4.79 Å². The minimum absolute atomic E-state index is 0.0134. The summed E-state index contributed by atoms with van der Waals surface area (Å²) in [5, 5.41) is 3.59. The van der Waals surface area contributed by atoms with E-state index in [9.17, 15) is 4.79 Å². The number of hydrogen-bond acceptors (Lipinski definition) is 4. The summed E-state index contributed by atoms with van der Waals surface area (Å²) in [5.41, 5.74) is 3.64. The smallest absolute Gasteiger partial charge is 0.339 e. The molecular weight excluding hydrogens is 370 g/mol. The number of methoxy groups -OCH3 is 1. The summed E-state index contributed by atoms with van der Waals surface area (Å²) < 4.78 is 12.0. The van der Waals surface area contributed by atoms with E-state index in [-0.39, 0.29) is 18.1 Å². The zero-order valence-electron chi connectivity index (χ0n) is 13.3. The molecule has 0 bridgehead atoms. The quantitative estimate of drug-likeness (QED) is 0.771. The fraction of sp³-hybridized carbons (Fsp3) is 0.316. The number of esters is 1. The molecule has 124 valence electrons. The number of nitrogens with one attached hydrogen (secondary N) is 1. The second-order valence-corrected chi connectivity index (χ2v) is 7.09. The predicted octanol–water partition coefficient (Wildman–Crippen LogP) is 4.48. The molecule has 2 heterocycles. The van der Waals surface area contributed by atoms with Gasteiger partial charge in [0.15, 0.2) is 0 Å². The third kappa shape index (κ3) is 2.52. The van der Waals surface area contributed by atoms with E-state index >= 15 is 0 Å². The molecule has 2 aromatic rings. The van der Waals surface area contributed by atoms with Crippen LogP contribution in [0.3, 0.4) is 0 Å². The summed E-state index contributed by atoms with van der Waals surface area (Å²) in [6, 6.07) is 14.2. The van der Waals surface area contributed by atoms with Crippen LogP contribution in [-0.4, -0.2) is 19.7 Å². The Hall–Kier alpha value is -1.85. The lowest BCUT2D eigenvalue weighted by Gasteiger charge is -2.37. The number of para-hydroxylation sites is 1. The highest BCUT2D eigenvalue weighted by atomic mass is 79.9. The van der Waals surface area contributed by atoms with Gasteiger partial charge in [-0.3, -0.25) is 0 Å². The average molecular weight is 388 g/mol. The van der Waals surface area contributed by atoms with Crippen LogP contribution in [0.1, 0.15) is 40.1 Å². The van der Waals surface area contributed by atoms with Gasteiger partial charge in [0.05, 0.1) is 30.5 Å². The largest absolute Gasteiger partial charge is 0.465 e. The van der Waals surface area contributed by atoms with Crippen LogP contribution in [0.4, 0.5) is 5.69 Å². The molecule has 2 aliphatic rings. The van der Waals surface area contributed by atoms with Crippen molar-refractivity contribution in [2.24, 2.45) is 5.92 Å². The lowest BCUT2D eigenvalue weighted by atomic mass is 9.80. The molecule has 1 fully saturated rings. The van der Waals surface area contributed by atoms with E-state index in [1.165, 1.54) is 12.7 Å². The second-order valence-electron chi connectivity index (χ2n) is 6.18. The first kappa shape index (κ1) is 15.7. The minimum atomic E-state index is -0.328. The summed E-state index contributed by atoms with van der Waals surface area (Å²) >= 11 is 3.49. The molecule has 0 aliphatic carbocycles. The SMILES string of the molecule is COC(=O)c1cccc2c1N[C@@H](c1ccc(Br)cc1)[C@H]1CCO[C@@H]21. The number of halogens is 1. The van der Waals surface area contributed by atoms with Crippen molar-refractivity contribution < 1.29 is 14.3 Å². The topological polar surface area (TPSA) is 47.6 Å². The van der Waals surface area contributed by atoms with Crippen molar-refractivity contribution in [3.05, 3.63) is 63.6 Å². The summed E-state index contributed by atoms with van der Waals surface area (Å²) in [4.78, 5) is 12.2. The minimum Gasteiger partial charge on any atom is -0.465 e. The Morgan fingerprint density at radius 3 is 2.79 bits per heavy atom. The first-order valence-corrected chi connectivity index (χ1v) is 8.83. The second kappa shape index (κ2) is 6.22. The van der Waals surface area contributed by atoms with Crippen LogP contribution in [-0.2, 0) is 9.47 Å². The summed E-state index contributed by atoms with van der Waals surface area (Å²) in [6.45, 7) is 0.742. The average Bonchev–Trinajstić information content (AvgIpc) is 3.10. The standard InChI is InChI=1S/C19H18BrNO3/c1-23-19(22)15-4-2-3-13-17(15)21-16(14-9-10-24-18(13)14)11-5-7-12(20)8-6-11/h2-8,14,16,18,21H,9-10H2,1H3/t14-,16+,18+/m1/s1. The number of hydrogen-bond donors (Lipinski definition) is 1. The Morgan fingerprint density at radius 1 is 1.25 bits per heavy atom. The zero-order valence-corrected chi connectivity index (χ0v) is 14.9. The number of fused-ring (bicyclic) bond motifs is 3. The molecule has 0 aromatic heterocycles. The molecule has 5 heteroatoms. The summed E-state index contributed by atoms with van der Waals surface area (Å²) in [6.07, 6.45) is 1.01. The van der Waals surface area contributed by atoms with Crippen LogP contribution in [0, 0.1) is 5.92 Å². The molecule has 2 aromatic carbocycles. The van der Waals surface area contributed by atoms with Gasteiger partial charge >= 0.3 is 5.97 Å². The molecule has 24 heavy (non-hydrogen) atoms. The van der Waals surface area contributed by atoms with Gasteiger partial charge in [-0.15, -0.1) is 0 Å². The van der Waals surface area contributed by atoms with Gasteiger partial charge in [0, 0.05) is 22.6 Å². The number of ether oxygens (including phenoxy) is 2. The lowest BCUT2D eigenvalue weighted by Crippen LogP contribution is -2.30. The highest BCUT2D eigenvalue weighted by molar-refractivity contribution is 9.10. The van der Waals surface area contributed by atoms with Gasteiger partial charge in [-0.05, 0) is 30.2 Å². The maximum Gasteiger partial charge on any atom is 0.339 e. The first-order valence-electron chi connectivity index (χ1n) is 8.04. The lowest BCUT2D eigenvalue weighted by molar-refractivity contribution is 0.0598. The van der Waals surface area contributed by atoms with Gasteiger partial charge in [-0.1, -0.05) is 40.2 Å². The predicted molar refractivity (Wildman–Crippen MR) is 95.1 cm³/mol. The highest BCUT2D eigenvalue weighted by Gasteiger charge is 2.42. The van der Waals surface area contributed by atoms with E-state index in [1.807, 2.05) is 24.3 Å². The van der Waals surface area contributed by atoms with E-state index in [0.717, 1.165) is 28.8 Å². The van der Waals surface area contributed by atoms with Gasteiger partial charge in [0.25, 0.3) is 0 Å². The van der Waals surface area contributed by atoms with Gasteiger partial charge < -0.3 is 14.8 Å². The molecule has 0 spiro atoms. The molecule has 0 unspecified atom stereocenters. The van der Waals surface area contributed by atoms with E-state index in [2.05, 4.69) is 33.4 Å². The van der Waals surface area contributed by atoms with Gasteiger partial charge in [-0.2, -0.15) is 0 Å². The normalized spacial score (nSPS) is 24.7. The molecular formula is C19H18BrNO3. The third-order valence-corrected chi connectivity index (χ3v) is 5.43. The molecule has 1 N–H and O–H groups in total. The third-order valence-electron chi connectivity index (χ3n) is 4.90. The fourth-order valence-corrected chi connectivity index (χ4v) is 4.04. The fourth-order valence-electron chi connectivity index (χ4n) is 3.78. The Morgan fingerprint density at radius 2 is 2.04 bits per heavy atom. The van der Waals surface area contributed by atoms with Crippen molar-refractivity contribution in [2.75, 3.05) is 19.0 Å². The van der Waals surface area contributed by atoms with Crippen molar-refractivity contribution in [1.82, 2.24) is 0 Å². The Balaban J connectivity index is 1.81. The van der Waals surface area contributed by atoms with Crippen LogP contribution < -0.4 is 5.32 Å². The highest BCUT2D eigenvalue weighted by Crippen LogP contribution is 2.50. The van der Waals surface area contributed by atoms with Gasteiger partial charge in [0.2, 0.25) is 0 Å². The number of rotatable bonds is 2. The maximum absolute atomic E-state index is 12.2. The number of benzene rings is 2. The first-order chi connectivity index (χ1) is 11.7. The Bertz CT molecular complexity index is 775. The zero-order chi connectivity index (χ0) is 16.7. The monoisotopic (exact) mass is 387 g/mol.